The molecule has 0 fully saturated rings. The molecule has 21 heavy (non-hydrogen) atoms. The molecule has 6 heteroatoms. The molecule has 2 rings (SSSR count). The van der Waals surface area contributed by atoms with Gasteiger partial charge in [-0.05, 0) is 37.6 Å². The summed E-state index contributed by atoms with van der Waals surface area (Å²) < 4.78 is 10.3. The number of hydrogen-bond donors (Lipinski definition) is 2. The molecule has 0 saturated heterocycles. The summed E-state index contributed by atoms with van der Waals surface area (Å²) in [6.45, 7) is 3.11. The second-order valence-corrected chi connectivity index (χ2v) is 4.52. The highest BCUT2D eigenvalue weighted by Crippen LogP contribution is 2.23. The molecule has 1 heterocycles. The van der Waals surface area contributed by atoms with Gasteiger partial charge in [0, 0.05) is 30.7 Å². The monoisotopic (exact) mass is 291 g/mol. The summed E-state index contributed by atoms with van der Waals surface area (Å²) in [7, 11) is 0. The van der Waals surface area contributed by atoms with Gasteiger partial charge in [-0.2, -0.15) is 0 Å². The maximum Gasteiger partial charge on any atom is 0.371 e. The van der Waals surface area contributed by atoms with E-state index in [0.717, 1.165) is 0 Å². The fourth-order valence-electron chi connectivity index (χ4n) is 1.93. The van der Waals surface area contributed by atoms with Crippen LogP contribution in [-0.2, 0) is 9.53 Å². The lowest BCUT2D eigenvalue weighted by Gasteiger charge is -2.05. The van der Waals surface area contributed by atoms with Crippen molar-refractivity contribution in [3.63, 3.8) is 0 Å². The van der Waals surface area contributed by atoms with E-state index in [1.807, 2.05) is 6.92 Å². The lowest BCUT2D eigenvalue weighted by Crippen LogP contribution is -2.12. The lowest BCUT2D eigenvalue weighted by molar-refractivity contribution is -0.116. The zero-order chi connectivity index (χ0) is 15.2. The van der Waals surface area contributed by atoms with Crippen LogP contribution >= 0.6 is 0 Å². The summed E-state index contributed by atoms with van der Waals surface area (Å²) in [6.07, 6.45) is 1.04. The number of aromatic carboxylic acids is 1. The minimum atomic E-state index is -1.12. The molecule has 0 bridgehead atoms. The van der Waals surface area contributed by atoms with Gasteiger partial charge in [-0.25, -0.2) is 4.79 Å². The quantitative estimate of drug-likeness (QED) is 0.766. The number of hydrogen-bond acceptors (Lipinski definition) is 4. The van der Waals surface area contributed by atoms with Crippen molar-refractivity contribution in [3.8, 4) is 0 Å². The van der Waals surface area contributed by atoms with Gasteiger partial charge in [-0.1, -0.05) is 0 Å². The molecule has 0 aliphatic heterocycles. The van der Waals surface area contributed by atoms with E-state index in [1.165, 1.54) is 6.07 Å². The zero-order valence-electron chi connectivity index (χ0n) is 11.7. The molecular weight excluding hydrogens is 274 g/mol. The summed E-state index contributed by atoms with van der Waals surface area (Å²) in [5.74, 6) is -1.34. The number of carboxylic acids is 1. The van der Waals surface area contributed by atoms with Crippen molar-refractivity contribution in [2.75, 3.05) is 18.5 Å². The molecule has 0 aliphatic carbocycles. The molecule has 2 N–H and O–H groups in total. The van der Waals surface area contributed by atoms with E-state index in [-0.39, 0.29) is 11.7 Å². The molecule has 6 nitrogen and oxygen atoms in total. The summed E-state index contributed by atoms with van der Waals surface area (Å²) >= 11 is 0. The smallest absolute Gasteiger partial charge is 0.371 e. The number of ether oxygens (including phenoxy) is 1. The number of furan rings is 1. The molecular formula is C15H17NO5. The number of amides is 1. The van der Waals surface area contributed by atoms with Crippen LogP contribution in [0.3, 0.4) is 0 Å². The Morgan fingerprint density at radius 2 is 2.14 bits per heavy atom. The van der Waals surface area contributed by atoms with Gasteiger partial charge in [0.2, 0.25) is 11.7 Å². The van der Waals surface area contributed by atoms with E-state index < -0.39 is 5.97 Å². The Morgan fingerprint density at radius 3 is 2.86 bits per heavy atom. The molecule has 0 atom stereocenters. The van der Waals surface area contributed by atoms with Gasteiger partial charge >= 0.3 is 5.97 Å². The zero-order valence-corrected chi connectivity index (χ0v) is 11.7. The summed E-state index contributed by atoms with van der Waals surface area (Å²) in [6, 6.07) is 6.43. The van der Waals surface area contributed by atoms with Gasteiger partial charge in [-0.3, -0.25) is 4.79 Å². The first-order valence-electron chi connectivity index (χ1n) is 6.74. The average Bonchev–Trinajstić information content (AvgIpc) is 2.87. The lowest BCUT2D eigenvalue weighted by atomic mass is 10.2. The first kappa shape index (κ1) is 15.1. The van der Waals surface area contributed by atoms with E-state index in [1.54, 1.807) is 18.2 Å². The van der Waals surface area contributed by atoms with Crippen molar-refractivity contribution in [3.05, 3.63) is 30.0 Å². The Labute approximate surface area is 121 Å². The highest BCUT2D eigenvalue weighted by Gasteiger charge is 2.11. The second kappa shape index (κ2) is 6.90. The molecule has 0 saturated carbocycles. The van der Waals surface area contributed by atoms with Crippen LogP contribution in [0, 0.1) is 0 Å². The molecule has 0 spiro atoms. The van der Waals surface area contributed by atoms with Crippen molar-refractivity contribution < 1.29 is 23.8 Å². The number of carbonyl (C=O) groups excluding carboxylic acids is 1. The molecule has 1 amide bonds. The minimum Gasteiger partial charge on any atom is -0.475 e. The molecule has 112 valence electrons. The average molecular weight is 291 g/mol. The fraction of sp³-hybridized carbons (Fsp3) is 0.333. The Morgan fingerprint density at radius 1 is 1.33 bits per heavy atom. The van der Waals surface area contributed by atoms with Crippen LogP contribution in [0.15, 0.2) is 28.7 Å². The Kier molecular flexibility index (Phi) is 4.94. The van der Waals surface area contributed by atoms with Crippen molar-refractivity contribution in [1.29, 1.82) is 0 Å². The predicted octanol–water partition coefficient (Wildman–Crippen LogP) is 2.89. The summed E-state index contributed by atoms with van der Waals surface area (Å²) in [5, 5.41) is 12.3. The molecule has 1 aromatic carbocycles. The molecule has 0 radical (unpaired) electrons. The number of benzene rings is 1. The Balaban J connectivity index is 1.98. The van der Waals surface area contributed by atoms with Crippen LogP contribution < -0.4 is 5.32 Å². The van der Waals surface area contributed by atoms with Crippen LogP contribution in [-0.4, -0.2) is 30.2 Å². The highest BCUT2D eigenvalue weighted by molar-refractivity contribution is 5.95. The number of rotatable bonds is 7. The van der Waals surface area contributed by atoms with Crippen molar-refractivity contribution >= 4 is 28.5 Å². The van der Waals surface area contributed by atoms with Crippen LogP contribution in [0.25, 0.3) is 11.0 Å². The second-order valence-electron chi connectivity index (χ2n) is 4.52. The maximum atomic E-state index is 11.7. The van der Waals surface area contributed by atoms with Crippen molar-refractivity contribution in [2.45, 2.75) is 19.8 Å². The van der Waals surface area contributed by atoms with Gasteiger partial charge in [0.15, 0.2) is 0 Å². The maximum absolute atomic E-state index is 11.7. The summed E-state index contributed by atoms with van der Waals surface area (Å²) in [5.41, 5.74) is 1.09. The Bertz CT molecular complexity index is 647. The largest absolute Gasteiger partial charge is 0.475 e. The van der Waals surface area contributed by atoms with Crippen LogP contribution in [0.1, 0.15) is 30.3 Å². The molecule has 0 aliphatic rings. The van der Waals surface area contributed by atoms with Crippen LogP contribution in [0.4, 0.5) is 5.69 Å². The number of carboxylic acid groups (broad SMARTS) is 1. The van der Waals surface area contributed by atoms with E-state index in [2.05, 4.69) is 5.32 Å². The predicted molar refractivity (Wildman–Crippen MR) is 77.5 cm³/mol. The summed E-state index contributed by atoms with van der Waals surface area (Å²) in [4.78, 5) is 22.6. The van der Waals surface area contributed by atoms with Gasteiger partial charge in [0.25, 0.3) is 0 Å². The fourth-order valence-corrected chi connectivity index (χ4v) is 1.93. The molecule has 0 unspecified atom stereocenters. The standard InChI is InChI=1S/C15H17NO5/c1-2-20-7-3-4-14(17)16-11-5-6-12-10(8-11)9-13(21-12)15(18)19/h5-6,8-9H,2-4,7H2,1H3,(H,16,17)(H,18,19). The van der Waals surface area contributed by atoms with E-state index in [4.69, 9.17) is 14.3 Å². The van der Waals surface area contributed by atoms with Crippen LogP contribution in [0.2, 0.25) is 0 Å². The highest BCUT2D eigenvalue weighted by atomic mass is 16.5. The third kappa shape index (κ3) is 4.06. The number of fused-ring (bicyclic) bond motifs is 1. The molecule has 1 aromatic heterocycles. The van der Waals surface area contributed by atoms with E-state index >= 15 is 0 Å². The normalized spacial score (nSPS) is 10.7. The van der Waals surface area contributed by atoms with Crippen LogP contribution in [0.5, 0.6) is 0 Å². The number of carbonyl (C=O) groups is 2. The third-order valence-electron chi connectivity index (χ3n) is 2.91. The van der Waals surface area contributed by atoms with E-state index in [0.29, 0.717) is 42.7 Å². The van der Waals surface area contributed by atoms with Crippen molar-refractivity contribution in [1.82, 2.24) is 0 Å². The van der Waals surface area contributed by atoms with Gasteiger partial charge in [0.1, 0.15) is 5.58 Å². The van der Waals surface area contributed by atoms with Gasteiger partial charge in [0.05, 0.1) is 0 Å². The SMILES string of the molecule is CCOCCCC(=O)Nc1ccc2oc(C(=O)O)cc2c1. The van der Waals surface area contributed by atoms with E-state index in [9.17, 15) is 9.59 Å². The molecule has 2 aromatic rings. The topological polar surface area (TPSA) is 88.8 Å². The minimum absolute atomic E-state index is 0.101. The first-order valence-corrected chi connectivity index (χ1v) is 6.74. The number of nitrogens with one attached hydrogen (secondary N) is 1. The first-order chi connectivity index (χ1) is 10.1. The van der Waals surface area contributed by atoms with Gasteiger partial charge < -0.3 is 19.6 Å². The number of anilines is 1. The third-order valence-corrected chi connectivity index (χ3v) is 2.91. The van der Waals surface area contributed by atoms with Crippen molar-refractivity contribution in [2.24, 2.45) is 0 Å². The van der Waals surface area contributed by atoms with Gasteiger partial charge in [-0.15, -0.1) is 0 Å². The Hall–Kier alpha value is -2.34.